The molecule has 0 bridgehead atoms. The van der Waals surface area contributed by atoms with Crippen LogP contribution in [0, 0.1) is 0 Å². The second-order valence-corrected chi connectivity index (χ2v) is 6.55. The van der Waals surface area contributed by atoms with E-state index in [4.69, 9.17) is 9.47 Å². The second-order valence-electron chi connectivity index (χ2n) is 6.55. The summed E-state index contributed by atoms with van der Waals surface area (Å²) < 4.78 is 10.3. The molecular formula is C17H24N2O4. The van der Waals surface area contributed by atoms with E-state index in [1.54, 1.807) is 39.8 Å². The third-order valence-electron chi connectivity index (χ3n) is 3.52. The van der Waals surface area contributed by atoms with Crippen molar-refractivity contribution in [1.82, 2.24) is 4.90 Å². The van der Waals surface area contributed by atoms with E-state index in [0.29, 0.717) is 5.75 Å². The number of benzene rings is 1. The zero-order chi connectivity index (χ0) is 17.0. The SMILES string of the molecule is CC(=O)N1CCN(c2ccc(OC(=O)OC(C)(C)C)cc2)CC1. The number of amides is 1. The fourth-order valence-corrected chi connectivity index (χ4v) is 2.37. The number of ether oxygens (including phenoxy) is 2. The maximum Gasteiger partial charge on any atom is 0.514 e. The molecule has 1 aromatic rings. The highest BCUT2D eigenvalue weighted by Gasteiger charge is 2.20. The Kier molecular flexibility index (Phi) is 5.13. The van der Waals surface area contributed by atoms with Crippen LogP contribution < -0.4 is 9.64 Å². The van der Waals surface area contributed by atoms with Gasteiger partial charge in [-0.25, -0.2) is 4.79 Å². The molecule has 23 heavy (non-hydrogen) atoms. The monoisotopic (exact) mass is 320 g/mol. The second kappa shape index (κ2) is 6.89. The van der Waals surface area contributed by atoms with Gasteiger partial charge in [-0.15, -0.1) is 0 Å². The molecular weight excluding hydrogens is 296 g/mol. The third-order valence-corrected chi connectivity index (χ3v) is 3.52. The summed E-state index contributed by atoms with van der Waals surface area (Å²) in [6.07, 6.45) is -0.708. The lowest BCUT2D eigenvalue weighted by molar-refractivity contribution is -0.129. The molecule has 6 heteroatoms. The Hall–Kier alpha value is -2.24. The highest BCUT2D eigenvalue weighted by Crippen LogP contribution is 2.21. The van der Waals surface area contributed by atoms with Gasteiger partial charge in [-0.05, 0) is 45.0 Å². The summed E-state index contributed by atoms with van der Waals surface area (Å²) >= 11 is 0. The van der Waals surface area contributed by atoms with Gasteiger partial charge in [-0.2, -0.15) is 0 Å². The molecule has 1 heterocycles. The molecule has 0 saturated carbocycles. The maximum absolute atomic E-state index is 11.6. The summed E-state index contributed by atoms with van der Waals surface area (Å²) in [4.78, 5) is 27.0. The lowest BCUT2D eigenvalue weighted by atomic mass is 10.2. The van der Waals surface area contributed by atoms with E-state index < -0.39 is 11.8 Å². The quantitative estimate of drug-likeness (QED) is 0.619. The lowest BCUT2D eigenvalue weighted by Gasteiger charge is -2.35. The standard InChI is InChI=1S/C17H24N2O4/c1-13(20)18-9-11-19(12-10-18)14-5-7-15(8-6-14)22-16(21)23-17(2,3)4/h5-8H,9-12H2,1-4H3. The van der Waals surface area contributed by atoms with E-state index in [-0.39, 0.29) is 5.91 Å². The lowest BCUT2D eigenvalue weighted by Crippen LogP contribution is -2.48. The van der Waals surface area contributed by atoms with Crippen LogP contribution >= 0.6 is 0 Å². The van der Waals surface area contributed by atoms with Crippen LogP contribution in [0.5, 0.6) is 5.75 Å². The summed E-state index contributed by atoms with van der Waals surface area (Å²) in [6.45, 7) is 10.0. The fourth-order valence-electron chi connectivity index (χ4n) is 2.37. The van der Waals surface area contributed by atoms with Crippen molar-refractivity contribution in [2.24, 2.45) is 0 Å². The maximum atomic E-state index is 11.6. The van der Waals surface area contributed by atoms with Crippen molar-refractivity contribution in [3.63, 3.8) is 0 Å². The van der Waals surface area contributed by atoms with Crippen LogP contribution in [0.1, 0.15) is 27.7 Å². The van der Waals surface area contributed by atoms with E-state index in [2.05, 4.69) is 4.90 Å². The average Bonchev–Trinajstić information content (AvgIpc) is 2.46. The van der Waals surface area contributed by atoms with Crippen molar-refractivity contribution in [3.8, 4) is 5.75 Å². The first-order chi connectivity index (χ1) is 10.7. The fraction of sp³-hybridized carbons (Fsp3) is 0.529. The number of rotatable bonds is 2. The van der Waals surface area contributed by atoms with Gasteiger partial charge in [0.25, 0.3) is 0 Å². The van der Waals surface area contributed by atoms with Crippen LogP contribution in [0.4, 0.5) is 10.5 Å². The third kappa shape index (κ3) is 5.16. The van der Waals surface area contributed by atoms with Crippen LogP contribution in [-0.2, 0) is 9.53 Å². The molecule has 1 saturated heterocycles. The van der Waals surface area contributed by atoms with Crippen molar-refractivity contribution >= 4 is 17.7 Å². The average molecular weight is 320 g/mol. The zero-order valence-electron chi connectivity index (χ0n) is 14.2. The van der Waals surface area contributed by atoms with Gasteiger partial charge in [0.05, 0.1) is 0 Å². The minimum absolute atomic E-state index is 0.116. The first kappa shape index (κ1) is 17.1. The molecule has 0 aliphatic carbocycles. The van der Waals surface area contributed by atoms with Gasteiger partial charge in [0.15, 0.2) is 0 Å². The van der Waals surface area contributed by atoms with Gasteiger partial charge in [0.2, 0.25) is 5.91 Å². The van der Waals surface area contributed by atoms with Gasteiger partial charge in [-0.1, -0.05) is 0 Å². The highest BCUT2D eigenvalue weighted by atomic mass is 16.7. The van der Waals surface area contributed by atoms with E-state index >= 15 is 0 Å². The Labute approximate surface area is 137 Å². The molecule has 0 spiro atoms. The molecule has 0 atom stereocenters. The Morgan fingerprint density at radius 2 is 1.57 bits per heavy atom. The molecule has 1 aliphatic heterocycles. The number of anilines is 1. The Morgan fingerprint density at radius 1 is 1.00 bits per heavy atom. The van der Waals surface area contributed by atoms with E-state index in [0.717, 1.165) is 31.9 Å². The number of hydrogen-bond acceptors (Lipinski definition) is 5. The van der Waals surface area contributed by atoms with E-state index in [1.165, 1.54) is 0 Å². The van der Waals surface area contributed by atoms with Crippen LogP contribution in [-0.4, -0.2) is 48.7 Å². The molecule has 126 valence electrons. The van der Waals surface area contributed by atoms with Crippen LogP contribution in [0.15, 0.2) is 24.3 Å². The molecule has 0 unspecified atom stereocenters. The number of carbonyl (C=O) groups is 2. The first-order valence-corrected chi connectivity index (χ1v) is 7.76. The zero-order valence-corrected chi connectivity index (χ0v) is 14.2. The molecule has 0 radical (unpaired) electrons. The molecule has 1 aliphatic rings. The molecule has 0 N–H and O–H groups in total. The highest BCUT2D eigenvalue weighted by molar-refractivity contribution is 5.73. The van der Waals surface area contributed by atoms with Crippen molar-refractivity contribution < 1.29 is 19.1 Å². The van der Waals surface area contributed by atoms with Crippen LogP contribution in [0.2, 0.25) is 0 Å². The topological polar surface area (TPSA) is 59.1 Å². The minimum Gasteiger partial charge on any atom is -0.428 e. The number of nitrogens with zero attached hydrogens (tertiary/aromatic N) is 2. The largest absolute Gasteiger partial charge is 0.514 e. The van der Waals surface area contributed by atoms with Crippen molar-refractivity contribution in [1.29, 1.82) is 0 Å². The Morgan fingerprint density at radius 3 is 2.04 bits per heavy atom. The minimum atomic E-state index is -0.708. The molecule has 6 nitrogen and oxygen atoms in total. The number of hydrogen-bond donors (Lipinski definition) is 0. The molecule has 2 rings (SSSR count). The summed E-state index contributed by atoms with van der Waals surface area (Å²) in [5.74, 6) is 0.566. The molecule has 0 aromatic heterocycles. The number of carbonyl (C=O) groups excluding carboxylic acids is 2. The predicted molar refractivity (Wildman–Crippen MR) is 87.8 cm³/mol. The van der Waals surface area contributed by atoms with Crippen LogP contribution in [0.25, 0.3) is 0 Å². The molecule has 1 aromatic carbocycles. The Balaban J connectivity index is 1.90. The van der Waals surface area contributed by atoms with Crippen molar-refractivity contribution in [2.75, 3.05) is 31.1 Å². The smallest absolute Gasteiger partial charge is 0.428 e. The van der Waals surface area contributed by atoms with Gasteiger partial charge in [0.1, 0.15) is 11.4 Å². The predicted octanol–water partition coefficient (Wildman–Crippen LogP) is 2.67. The summed E-state index contributed by atoms with van der Waals surface area (Å²) in [5, 5.41) is 0. The normalized spacial score (nSPS) is 15.3. The van der Waals surface area contributed by atoms with Crippen molar-refractivity contribution in [3.05, 3.63) is 24.3 Å². The van der Waals surface area contributed by atoms with Crippen molar-refractivity contribution in [2.45, 2.75) is 33.3 Å². The first-order valence-electron chi connectivity index (χ1n) is 7.76. The molecule has 1 amide bonds. The van der Waals surface area contributed by atoms with E-state index in [1.807, 2.05) is 17.0 Å². The van der Waals surface area contributed by atoms with Gasteiger partial charge in [-0.3, -0.25) is 4.79 Å². The summed E-state index contributed by atoms with van der Waals surface area (Å²) in [7, 11) is 0. The van der Waals surface area contributed by atoms with E-state index in [9.17, 15) is 9.59 Å². The summed E-state index contributed by atoms with van der Waals surface area (Å²) in [5.41, 5.74) is 0.470. The Bertz CT molecular complexity index is 555. The van der Waals surface area contributed by atoms with Gasteiger partial charge >= 0.3 is 6.16 Å². The molecule has 1 fully saturated rings. The van der Waals surface area contributed by atoms with Gasteiger partial charge < -0.3 is 19.3 Å². The van der Waals surface area contributed by atoms with Gasteiger partial charge in [0, 0.05) is 38.8 Å². The summed E-state index contributed by atoms with van der Waals surface area (Å²) in [6, 6.07) is 7.31. The van der Waals surface area contributed by atoms with Crippen LogP contribution in [0.3, 0.4) is 0 Å². The number of piperazine rings is 1.